The van der Waals surface area contributed by atoms with Gasteiger partial charge in [0.1, 0.15) is 6.33 Å². The Hall–Kier alpha value is -2.38. The van der Waals surface area contributed by atoms with Gasteiger partial charge in [-0.3, -0.25) is 9.48 Å². The maximum atomic E-state index is 13.6. The molecular weight excluding hydrogens is 447 g/mol. The summed E-state index contributed by atoms with van der Waals surface area (Å²) in [5.41, 5.74) is 1.17. The fourth-order valence-corrected chi connectivity index (χ4v) is 7.12. The van der Waals surface area contributed by atoms with Crippen molar-refractivity contribution >= 4 is 34.8 Å². The molecule has 4 bridgehead atoms. The van der Waals surface area contributed by atoms with Crippen LogP contribution in [0.3, 0.4) is 0 Å². The summed E-state index contributed by atoms with van der Waals surface area (Å²) >= 11 is 12.3. The van der Waals surface area contributed by atoms with E-state index in [-0.39, 0.29) is 22.1 Å². The second kappa shape index (κ2) is 7.32. The van der Waals surface area contributed by atoms with Crippen LogP contribution in [0.15, 0.2) is 43.0 Å². The topological polar surface area (TPSA) is 77.6 Å². The first-order valence-electron chi connectivity index (χ1n) is 11.1. The molecule has 2 unspecified atom stereocenters. The minimum absolute atomic E-state index is 0.0967. The molecule has 0 spiro atoms. The zero-order chi connectivity index (χ0) is 21.9. The molecule has 4 aliphatic rings. The maximum absolute atomic E-state index is 13.6. The highest BCUT2D eigenvalue weighted by Gasteiger charge is 2.61. The van der Waals surface area contributed by atoms with E-state index in [9.17, 15) is 4.79 Å². The lowest BCUT2D eigenvalue weighted by molar-refractivity contribution is -0.150. The van der Waals surface area contributed by atoms with Crippen LogP contribution in [0.2, 0.25) is 10.3 Å². The van der Waals surface area contributed by atoms with Crippen molar-refractivity contribution in [3.05, 3.63) is 58.9 Å². The van der Waals surface area contributed by atoms with E-state index in [0.29, 0.717) is 23.4 Å². The molecule has 4 aliphatic carbocycles. The molecule has 4 saturated carbocycles. The summed E-state index contributed by atoms with van der Waals surface area (Å²) in [7, 11) is 0. The molecule has 1 amide bonds. The third-order valence-corrected chi connectivity index (χ3v) is 8.18. The molecule has 9 heteroatoms. The maximum Gasteiger partial charge on any atom is 0.242 e. The van der Waals surface area contributed by atoms with E-state index in [1.807, 2.05) is 35.1 Å². The minimum atomic E-state index is -0.382. The third-order valence-electron chi connectivity index (χ3n) is 7.64. The summed E-state index contributed by atoms with van der Waals surface area (Å²) in [6.45, 7) is 0.557. The average molecular weight is 471 g/mol. The average Bonchev–Trinajstić information content (AvgIpc) is 3.38. The SMILES string of the molecule is O=C(Nc1cnn(Cc2ccccc2Cl)c1)C12CC3CC(C1)CC(n1cnc(Cl)n1)(C3)C2. The van der Waals surface area contributed by atoms with Gasteiger partial charge in [0.25, 0.3) is 0 Å². The van der Waals surface area contributed by atoms with Crippen molar-refractivity contribution in [2.45, 2.75) is 50.6 Å². The lowest BCUT2D eigenvalue weighted by Gasteiger charge is -2.60. The molecule has 1 aromatic carbocycles. The summed E-state index contributed by atoms with van der Waals surface area (Å²) < 4.78 is 3.74. The van der Waals surface area contributed by atoms with Crippen molar-refractivity contribution in [1.82, 2.24) is 24.5 Å². The lowest BCUT2D eigenvalue weighted by atomic mass is 9.46. The van der Waals surface area contributed by atoms with Crippen LogP contribution >= 0.6 is 23.2 Å². The lowest BCUT2D eigenvalue weighted by Crippen LogP contribution is -2.60. The Bertz CT molecular complexity index is 1170. The Kier molecular flexibility index (Phi) is 4.63. The number of nitrogens with one attached hydrogen (secondary N) is 1. The molecule has 0 saturated heterocycles. The Morgan fingerprint density at radius 1 is 1.16 bits per heavy atom. The first-order valence-corrected chi connectivity index (χ1v) is 11.8. The van der Waals surface area contributed by atoms with Crippen molar-refractivity contribution in [3.8, 4) is 0 Å². The van der Waals surface area contributed by atoms with Crippen LogP contribution in [-0.4, -0.2) is 30.5 Å². The molecule has 32 heavy (non-hydrogen) atoms. The number of hydrogen-bond acceptors (Lipinski definition) is 4. The van der Waals surface area contributed by atoms with Gasteiger partial charge in [-0.2, -0.15) is 5.10 Å². The zero-order valence-electron chi connectivity index (χ0n) is 17.5. The van der Waals surface area contributed by atoms with Gasteiger partial charge in [0.15, 0.2) is 0 Å². The van der Waals surface area contributed by atoms with Crippen LogP contribution in [0.25, 0.3) is 0 Å². The number of amides is 1. The number of nitrogens with zero attached hydrogens (tertiary/aromatic N) is 5. The number of hydrogen-bond donors (Lipinski definition) is 1. The molecule has 166 valence electrons. The first kappa shape index (κ1) is 20.2. The second-order valence-electron chi connectivity index (χ2n) is 9.90. The molecule has 1 N–H and O–H groups in total. The Balaban J connectivity index is 1.22. The molecule has 3 aromatic rings. The van der Waals surface area contributed by atoms with Gasteiger partial charge in [-0.1, -0.05) is 29.8 Å². The summed E-state index contributed by atoms with van der Waals surface area (Å²) in [5, 5.41) is 13.0. The Morgan fingerprint density at radius 2 is 1.94 bits per heavy atom. The quantitative estimate of drug-likeness (QED) is 0.582. The smallest absolute Gasteiger partial charge is 0.242 e. The second-order valence-corrected chi connectivity index (χ2v) is 10.6. The molecule has 0 aliphatic heterocycles. The summed E-state index contributed by atoms with van der Waals surface area (Å²) in [6, 6.07) is 7.71. The number of carbonyl (C=O) groups excluding carboxylic acids is 1. The van der Waals surface area contributed by atoms with Crippen LogP contribution in [0, 0.1) is 17.3 Å². The van der Waals surface area contributed by atoms with E-state index in [4.69, 9.17) is 23.2 Å². The standard InChI is InChI=1S/C23H24Cl2N6O/c24-19-4-2-1-3-17(19)11-30-12-18(10-27-30)28-20(32)22-6-15-5-16(7-22)9-23(8-15,13-22)31-14-26-21(25)29-31/h1-4,10,12,14-16H,5-9,11,13H2,(H,28,32). The van der Waals surface area contributed by atoms with Crippen LogP contribution < -0.4 is 5.32 Å². The largest absolute Gasteiger partial charge is 0.323 e. The fourth-order valence-electron chi connectivity index (χ4n) is 6.80. The summed E-state index contributed by atoms with van der Waals surface area (Å²) in [5.74, 6) is 1.17. The van der Waals surface area contributed by atoms with Crippen molar-refractivity contribution in [2.24, 2.45) is 17.3 Å². The Labute approximate surface area is 196 Å². The number of benzene rings is 1. The first-order chi connectivity index (χ1) is 15.4. The van der Waals surface area contributed by atoms with Gasteiger partial charge in [0.05, 0.1) is 29.4 Å². The van der Waals surface area contributed by atoms with Gasteiger partial charge in [-0.25, -0.2) is 9.67 Å². The van der Waals surface area contributed by atoms with Crippen LogP contribution in [-0.2, 0) is 16.9 Å². The van der Waals surface area contributed by atoms with E-state index in [1.54, 1.807) is 17.2 Å². The number of rotatable bonds is 5. The molecule has 7 nitrogen and oxygen atoms in total. The van der Waals surface area contributed by atoms with Gasteiger partial charge in [0.2, 0.25) is 11.2 Å². The predicted octanol–water partition coefficient (Wildman–Crippen LogP) is 4.76. The van der Waals surface area contributed by atoms with Gasteiger partial charge >= 0.3 is 0 Å². The van der Waals surface area contributed by atoms with Gasteiger partial charge in [-0.05, 0) is 73.6 Å². The van der Waals surface area contributed by atoms with Crippen molar-refractivity contribution in [1.29, 1.82) is 0 Å². The van der Waals surface area contributed by atoms with E-state index in [0.717, 1.165) is 43.4 Å². The fraction of sp³-hybridized carbons (Fsp3) is 0.478. The minimum Gasteiger partial charge on any atom is -0.323 e. The van der Waals surface area contributed by atoms with Gasteiger partial charge in [-0.15, -0.1) is 5.10 Å². The highest BCUT2D eigenvalue weighted by atomic mass is 35.5. The number of halogens is 2. The van der Waals surface area contributed by atoms with Crippen molar-refractivity contribution in [2.75, 3.05) is 5.32 Å². The monoisotopic (exact) mass is 470 g/mol. The normalized spacial score (nSPS) is 30.6. The molecule has 4 fully saturated rings. The molecule has 7 rings (SSSR count). The van der Waals surface area contributed by atoms with Gasteiger partial charge < -0.3 is 5.32 Å². The van der Waals surface area contributed by atoms with Crippen LogP contribution in [0.5, 0.6) is 0 Å². The van der Waals surface area contributed by atoms with E-state index < -0.39 is 0 Å². The number of aromatic nitrogens is 5. The Morgan fingerprint density at radius 3 is 2.66 bits per heavy atom. The predicted molar refractivity (Wildman–Crippen MR) is 122 cm³/mol. The van der Waals surface area contributed by atoms with E-state index >= 15 is 0 Å². The van der Waals surface area contributed by atoms with Crippen LogP contribution in [0.4, 0.5) is 5.69 Å². The van der Waals surface area contributed by atoms with E-state index in [2.05, 4.69) is 20.5 Å². The molecular formula is C23H24Cl2N6O. The number of carbonyl (C=O) groups is 1. The summed E-state index contributed by atoms with van der Waals surface area (Å²) in [6.07, 6.45) is 11.3. The number of anilines is 1. The van der Waals surface area contributed by atoms with Crippen LogP contribution in [0.1, 0.15) is 44.1 Å². The van der Waals surface area contributed by atoms with Crippen molar-refractivity contribution < 1.29 is 4.79 Å². The molecule has 2 aromatic heterocycles. The molecule has 2 atom stereocenters. The zero-order valence-corrected chi connectivity index (χ0v) is 19.1. The summed E-state index contributed by atoms with van der Waals surface area (Å²) in [4.78, 5) is 17.8. The highest BCUT2D eigenvalue weighted by Crippen LogP contribution is 2.64. The van der Waals surface area contributed by atoms with E-state index in [1.165, 1.54) is 6.42 Å². The molecule has 2 heterocycles. The highest BCUT2D eigenvalue weighted by molar-refractivity contribution is 6.31. The molecule has 0 radical (unpaired) electrons. The third kappa shape index (κ3) is 3.33. The van der Waals surface area contributed by atoms with Gasteiger partial charge in [0, 0.05) is 11.2 Å². The van der Waals surface area contributed by atoms with Crippen molar-refractivity contribution in [3.63, 3.8) is 0 Å².